The molecule has 3 rings (SSSR count). The number of fused-ring (bicyclic) bond motifs is 1. The molecule has 1 N–H and O–H groups in total. The van der Waals surface area contributed by atoms with Crippen LogP contribution in [-0.4, -0.2) is 35.2 Å². The maximum Gasteiger partial charge on any atom is 0.265 e. The number of nitrogens with zero attached hydrogens (tertiary/aromatic N) is 3. The number of amides is 2. The van der Waals surface area contributed by atoms with Crippen molar-refractivity contribution in [1.29, 1.82) is 0 Å². The van der Waals surface area contributed by atoms with Gasteiger partial charge in [0, 0.05) is 10.9 Å². The summed E-state index contributed by atoms with van der Waals surface area (Å²) in [5.74, 6) is -0.00114. The number of hydrogen-bond acceptors (Lipinski definition) is 6. The fourth-order valence-corrected chi connectivity index (χ4v) is 3.72. The second kappa shape index (κ2) is 8.59. The molecule has 0 saturated heterocycles. The number of anilines is 2. The first-order valence-electron chi connectivity index (χ1n) is 8.41. The standard InChI is InChI=1S/C17H19BrN4O3S/c1-2-3-4-5-15-20-21-17(26-15)19-14(23)9-22-12-7-6-11(18)8-13(12)25-10-16(22)24/h6-8H,2-5,9-10H2,1H3,(H,19,21,23). The molecule has 0 bridgehead atoms. The van der Waals surface area contributed by atoms with Gasteiger partial charge in [-0.25, -0.2) is 0 Å². The van der Waals surface area contributed by atoms with Crippen molar-refractivity contribution in [3.05, 3.63) is 27.7 Å². The monoisotopic (exact) mass is 438 g/mol. The fourth-order valence-electron chi connectivity index (χ4n) is 2.59. The van der Waals surface area contributed by atoms with Gasteiger partial charge in [-0.2, -0.15) is 0 Å². The van der Waals surface area contributed by atoms with Gasteiger partial charge in [-0.15, -0.1) is 10.2 Å². The van der Waals surface area contributed by atoms with Gasteiger partial charge < -0.3 is 4.74 Å². The highest BCUT2D eigenvalue weighted by Crippen LogP contribution is 2.34. The zero-order chi connectivity index (χ0) is 18.5. The molecule has 0 saturated carbocycles. The van der Waals surface area contributed by atoms with E-state index in [9.17, 15) is 9.59 Å². The van der Waals surface area contributed by atoms with Gasteiger partial charge >= 0.3 is 0 Å². The quantitative estimate of drug-likeness (QED) is 0.669. The van der Waals surface area contributed by atoms with Crippen LogP contribution < -0.4 is 15.0 Å². The van der Waals surface area contributed by atoms with E-state index in [1.54, 1.807) is 18.2 Å². The van der Waals surface area contributed by atoms with E-state index < -0.39 is 0 Å². The van der Waals surface area contributed by atoms with Crippen LogP contribution in [0.1, 0.15) is 31.2 Å². The molecule has 1 aliphatic heterocycles. The highest BCUT2D eigenvalue weighted by Gasteiger charge is 2.27. The first-order valence-corrected chi connectivity index (χ1v) is 10.0. The molecular formula is C17H19BrN4O3S. The molecule has 138 valence electrons. The van der Waals surface area contributed by atoms with Crippen LogP contribution in [0.3, 0.4) is 0 Å². The number of ether oxygens (including phenoxy) is 1. The number of benzene rings is 1. The summed E-state index contributed by atoms with van der Waals surface area (Å²) >= 11 is 4.74. The number of halogens is 1. The summed E-state index contributed by atoms with van der Waals surface area (Å²) in [6.45, 7) is 1.97. The van der Waals surface area contributed by atoms with E-state index in [0.29, 0.717) is 16.6 Å². The Hall–Kier alpha value is -2.00. The van der Waals surface area contributed by atoms with Gasteiger partial charge in [-0.05, 0) is 24.6 Å². The Morgan fingerprint density at radius 2 is 2.23 bits per heavy atom. The van der Waals surface area contributed by atoms with E-state index in [0.717, 1.165) is 35.2 Å². The van der Waals surface area contributed by atoms with Gasteiger partial charge in [0.1, 0.15) is 17.3 Å². The maximum atomic E-state index is 12.4. The van der Waals surface area contributed by atoms with Gasteiger partial charge in [0.15, 0.2) is 6.61 Å². The number of carbonyl (C=O) groups is 2. The Bertz CT molecular complexity index is 811. The Morgan fingerprint density at radius 3 is 3.04 bits per heavy atom. The van der Waals surface area contributed by atoms with Crippen molar-refractivity contribution >= 4 is 49.9 Å². The molecule has 1 aromatic carbocycles. The molecule has 2 heterocycles. The molecule has 7 nitrogen and oxygen atoms in total. The van der Waals surface area contributed by atoms with Gasteiger partial charge in [0.25, 0.3) is 5.91 Å². The summed E-state index contributed by atoms with van der Waals surface area (Å²) in [6.07, 6.45) is 4.23. The van der Waals surface area contributed by atoms with E-state index in [1.165, 1.54) is 16.2 Å². The predicted molar refractivity (Wildman–Crippen MR) is 104 cm³/mol. The summed E-state index contributed by atoms with van der Waals surface area (Å²) in [7, 11) is 0. The zero-order valence-corrected chi connectivity index (χ0v) is 16.7. The molecule has 2 amide bonds. The number of unbranched alkanes of at least 4 members (excludes halogenated alkanes) is 2. The van der Waals surface area contributed by atoms with Crippen LogP contribution in [0.5, 0.6) is 5.75 Å². The molecule has 1 aromatic heterocycles. The normalized spacial score (nSPS) is 13.3. The van der Waals surface area contributed by atoms with Crippen LogP contribution in [0.15, 0.2) is 22.7 Å². The van der Waals surface area contributed by atoms with Crippen molar-refractivity contribution in [3.63, 3.8) is 0 Å². The molecule has 0 aliphatic carbocycles. The minimum absolute atomic E-state index is 0.0862. The van der Waals surface area contributed by atoms with Crippen LogP contribution >= 0.6 is 27.3 Å². The van der Waals surface area contributed by atoms with Crippen LogP contribution in [0, 0.1) is 0 Å². The molecule has 0 spiro atoms. The van der Waals surface area contributed by atoms with Crippen molar-refractivity contribution in [3.8, 4) is 5.75 Å². The molecule has 0 radical (unpaired) electrons. The molecule has 1 aliphatic rings. The molecule has 0 unspecified atom stereocenters. The van der Waals surface area contributed by atoms with E-state index in [-0.39, 0.29) is 25.0 Å². The van der Waals surface area contributed by atoms with Crippen LogP contribution in [-0.2, 0) is 16.0 Å². The largest absolute Gasteiger partial charge is 0.482 e. The second-order valence-electron chi connectivity index (χ2n) is 5.89. The predicted octanol–water partition coefficient (Wildman–Crippen LogP) is 3.40. The van der Waals surface area contributed by atoms with Crippen molar-refractivity contribution in [1.82, 2.24) is 10.2 Å². The topological polar surface area (TPSA) is 84.4 Å². The van der Waals surface area contributed by atoms with Crippen molar-refractivity contribution in [2.75, 3.05) is 23.4 Å². The van der Waals surface area contributed by atoms with Crippen LogP contribution in [0.2, 0.25) is 0 Å². The van der Waals surface area contributed by atoms with E-state index in [4.69, 9.17) is 4.74 Å². The lowest BCUT2D eigenvalue weighted by molar-refractivity contribution is -0.123. The van der Waals surface area contributed by atoms with Crippen molar-refractivity contribution in [2.45, 2.75) is 32.6 Å². The number of hydrogen-bond donors (Lipinski definition) is 1. The minimum Gasteiger partial charge on any atom is -0.482 e. The molecule has 2 aromatic rings. The third-order valence-electron chi connectivity index (χ3n) is 3.87. The Labute approximate surface area is 163 Å². The molecule has 0 atom stereocenters. The molecular weight excluding hydrogens is 420 g/mol. The lowest BCUT2D eigenvalue weighted by Gasteiger charge is -2.28. The van der Waals surface area contributed by atoms with Crippen molar-refractivity contribution < 1.29 is 14.3 Å². The third kappa shape index (κ3) is 4.59. The molecule has 9 heteroatoms. The van der Waals surface area contributed by atoms with Gasteiger partial charge in [-0.3, -0.25) is 19.8 Å². The van der Waals surface area contributed by atoms with E-state index in [2.05, 4.69) is 38.4 Å². The van der Waals surface area contributed by atoms with Crippen molar-refractivity contribution in [2.24, 2.45) is 0 Å². The average molecular weight is 439 g/mol. The first-order chi connectivity index (χ1) is 12.6. The minimum atomic E-state index is -0.314. The first kappa shape index (κ1) is 18.8. The summed E-state index contributed by atoms with van der Waals surface area (Å²) < 4.78 is 6.27. The van der Waals surface area contributed by atoms with Crippen LogP contribution in [0.4, 0.5) is 10.8 Å². The van der Waals surface area contributed by atoms with Gasteiger partial charge in [0.2, 0.25) is 11.0 Å². The number of rotatable bonds is 7. The number of carbonyl (C=O) groups excluding carboxylic acids is 2. The van der Waals surface area contributed by atoms with Gasteiger partial charge in [-0.1, -0.05) is 47.0 Å². The Morgan fingerprint density at radius 1 is 1.38 bits per heavy atom. The highest BCUT2D eigenvalue weighted by atomic mass is 79.9. The summed E-state index contributed by atoms with van der Waals surface area (Å²) in [6, 6.07) is 5.33. The van der Waals surface area contributed by atoms with E-state index in [1.807, 2.05) is 0 Å². The second-order valence-corrected chi connectivity index (χ2v) is 7.86. The lowest BCUT2D eigenvalue weighted by Crippen LogP contribution is -2.43. The molecule has 0 fully saturated rings. The lowest BCUT2D eigenvalue weighted by atomic mass is 10.2. The summed E-state index contributed by atoms with van der Waals surface area (Å²) in [4.78, 5) is 25.9. The summed E-state index contributed by atoms with van der Waals surface area (Å²) in [5, 5.41) is 12.2. The number of nitrogens with one attached hydrogen (secondary N) is 1. The van der Waals surface area contributed by atoms with Gasteiger partial charge in [0.05, 0.1) is 5.69 Å². The third-order valence-corrected chi connectivity index (χ3v) is 5.27. The Kier molecular flexibility index (Phi) is 6.20. The number of aromatic nitrogens is 2. The Balaban J connectivity index is 1.62. The number of aryl methyl sites for hydroxylation is 1. The highest BCUT2D eigenvalue weighted by molar-refractivity contribution is 9.10. The molecule has 26 heavy (non-hydrogen) atoms. The zero-order valence-electron chi connectivity index (χ0n) is 14.3. The van der Waals surface area contributed by atoms with Crippen LogP contribution in [0.25, 0.3) is 0 Å². The fraction of sp³-hybridized carbons (Fsp3) is 0.412. The maximum absolute atomic E-state index is 12.4. The average Bonchev–Trinajstić information content (AvgIpc) is 3.05. The smallest absolute Gasteiger partial charge is 0.265 e. The SMILES string of the molecule is CCCCCc1nnc(NC(=O)CN2C(=O)COc3cc(Br)ccc32)s1. The summed E-state index contributed by atoms with van der Waals surface area (Å²) in [5.41, 5.74) is 0.581. The van der Waals surface area contributed by atoms with E-state index >= 15 is 0 Å².